The fourth-order valence-electron chi connectivity index (χ4n) is 3.75. The van der Waals surface area contributed by atoms with Gasteiger partial charge in [0.05, 0.1) is 0 Å². The van der Waals surface area contributed by atoms with Gasteiger partial charge in [-0.3, -0.25) is 14.4 Å². The zero-order valence-corrected chi connectivity index (χ0v) is 14.9. The molecule has 6 heteroatoms. The van der Waals surface area contributed by atoms with Gasteiger partial charge in [-0.2, -0.15) is 0 Å². The van der Waals surface area contributed by atoms with Gasteiger partial charge in [-0.05, 0) is 37.0 Å². The summed E-state index contributed by atoms with van der Waals surface area (Å²) in [5, 5.41) is 4.09. The average molecular weight is 355 g/mol. The second kappa shape index (κ2) is 8.17. The summed E-state index contributed by atoms with van der Waals surface area (Å²) >= 11 is 0. The predicted molar refractivity (Wildman–Crippen MR) is 102 cm³/mol. The summed E-state index contributed by atoms with van der Waals surface area (Å²) in [6, 6.07) is 6.96. The predicted octanol–water partition coefficient (Wildman–Crippen LogP) is 2.79. The van der Waals surface area contributed by atoms with Crippen molar-refractivity contribution in [2.24, 2.45) is 11.7 Å². The molecule has 1 heterocycles. The number of fused-ring (bicyclic) bond motifs is 1. The van der Waals surface area contributed by atoms with E-state index in [0.29, 0.717) is 28.8 Å². The van der Waals surface area contributed by atoms with Gasteiger partial charge in [0.2, 0.25) is 11.8 Å². The quantitative estimate of drug-likeness (QED) is 0.808. The van der Waals surface area contributed by atoms with Crippen LogP contribution in [-0.4, -0.2) is 16.4 Å². The third-order valence-electron chi connectivity index (χ3n) is 5.07. The van der Waals surface area contributed by atoms with Gasteiger partial charge in [-0.25, -0.2) is 0 Å². The molecule has 0 unspecified atom stereocenters. The Hall–Kier alpha value is -2.63. The number of nitrogens with two attached hydrogens (primary N) is 1. The van der Waals surface area contributed by atoms with Crippen molar-refractivity contribution in [1.29, 1.82) is 0 Å². The molecule has 1 aromatic carbocycles. The first kappa shape index (κ1) is 18.2. The standard InChI is InChI=1S/C20H25N3O3/c21-18(24)13-23-11-10-15-16(20(23)26)8-5-9-17(15)22-19(25)12-14-6-3-1-2-4-7-14/h5,8-11,14H,1-4,6-7,12-13H2,(H2,21,24)(H,22,25). The van der Waals surface area contributed by atoms with E-state index in [1.807, 2.05) is 0 Å². The third kappa shape index (κ3) is 4.31. The van der Waals surface area contributed by atoms with Crippen molar-refractivity contribution in [1.82, 2.24) is 4.57 Å². The molecule has 0 aliphatic heterocycles. The zero-order valence-electron chi connectivity index (χ0n) is 14.9. The molecule has 0 radical (unpaired) electrons. The summed E-state index contributed by atoms with van der Waals surface area (Å²) in [5.74, 6) is -0.134. The molecule has 3 rings (SSSR count). The number of primary amides is 1. The lowest BCUT2D eigenvalue weighted by molar-refractivity contribution is -0.119. The molecule has 1 fully saturated rings. The highest BCUT2D eigenvalue weighted by molar-refractivity contribution is 6.01. The van der Waals surface area contributed by atoms with Crippen molar-refractivity contribution in [3.8, 4) is 0 Å². The minimum atomic E-state index is -0.570. The second-order valence-electron chi connectivity index (χ2n) is 7.09. The van der Waals surface area contributed by atoms with E-state index in [1.165, 1.54) is 36.4 Å². The second-order valence-corrected chi connectivity index (χ2v) is 7.09. The summed E-state index contributed by atoms with van der Waals surface area (Å²) in [6.45, 7) is -0.160. The molecule has 2 aromatic rings. The smallest absolute Gasteiger partial charge is 0.258 e. The van der Waals surface area contributed by atoms with Crippen molar-refractivity contribution >= 4 is 28.3 Å². The molecule has 2 amide bonds. The third-order valence-corrected chi connectivity index (χ3v) is 5.07. The van der Waals surface area contributed by atoms with Crippen molar-refractivity contribution in [3.63, 3.8) is 0 Å². The minimum absolute atomic E-state index is 0.00860. The first-order valence-electron chi connectivity index (χ1n) is 9.25. The number of hydrogen-bond donors (Lipinski definition) is 2. The summed E-state index contributed by atoms with van der Waals surface area (Å²) in [6.07, 6.45) is 9.21. The normalized spacial score (nSPS) is 15.5. The molecule has 1 aliphatic rings. The Kier molecular flexibility index (Phi) is 5.71. The Morgan fingerprint density at radius 2 is 1.81 bits per heavy atom. The number of amides is 2. The minimum Gasteiger partial charge on any atom is -0.368 e. The maximum atomic E-state index is 12.5. The lowest BCUT2D eigenvalue weighted by Gasteiger charge is -2.15. The van der Waals surface area contributed by atoms with Crippen LogP contribution in [-0.2, 0) is 16.1 Å². The number of carbonyl (C=O) groups is 2. The number of nitrogens with one attached hydrogen (secondary N) is 1. The van der Waals surface area contributed by atoms with Crippen molar-refractivity contribution in [2.75, 3.05) is 5.32 Å². The number of aromatic nitrogens is 1. The molecule has 0 atom stereocenters. The molecular weight excluding hydrogens is 330 g/mol. The van der Waals surface area contributed by atoms with Gasteiger partial charge in [0.25, 0.3) is 5.56 Å². The van der Waals surface area contributed by atoms with E-state index >= 15 is 0 Å². The van der Waals surface area contributed by atoms with Gasteiger partial charge in [-0.15, -0.1) is 0 Å². The summed E-state index contributed by atoms with van der Waals surface area (Å²) < 4.78 is 1.28. The van der Waals surface area contributed by atoms with E-state index in [-0.39, 0.29) is 18.0 Å². The van der Waals surface area contributed by atoms with Crippen LogP contribution in [0.5, 0.6) is 0 Å². The number of pyridine rings is 1. The monoisotopic (exact) mass is 355 g/mol. The van der Waals surface area contributed by atoms with Crippen LogP contribution in [0.3, 0.4) is 0 Å². The fraction of sp³-hybridized carbons (Fsp3) is 0.450. The fourth-order valence-corrected chi connectivity index (χ4v) is 3.75. The Morgan fingerprint density at radius 1 is 1.08 bits per heavy atom. The highest BCUT2D eigenvalue weighted by Crippen LogP contribution is 2.27. The first-order valence-corrected chi connectivity index (χ1v) is 9.25. The molecule has 0 spiro atoms. The van der Waals surface area contributed by atoms with Crippen LogP contribution in [0.15, 0.2) is 35.3 Å². The average Bonchev–Trinajstić information content (AvgIpc) is 2.86. The van der Waals surface area contributed by atoms with Crippen LogP contribution < -0.4 is 16.6 Å². The number of nitrogens with zero attached hydrogens (tertiary/aromatic N) is 1. The number of carbonyl (C=O) groups excluding carboxylic acids is 2. The van der Waals surface area contributed by atoms with Crippen LogP contribution in [0.4, 0.5) is 5.69 Å². The van der Waals surface area contributed by atoms with E-state index in [4.69, 9.17) is 5.73 Å². The highest BCUT2D eigenvalue weighted by Gasteiger charge is 2.17. The van der Waals surface area contributed by atoms with Gasteiger partial charge < -0.3 is 15.6 Å². The molecule has 0 saturated heterocycles. The molecule has 1 saturated carbocycles. The van der Waals surface area contributed by atoms with E-state index in [0.717, 1.165) is 12.8 Å². The number of hydrogen-bond acceptors (Lipinski definition) is 3. The van der Waals surface area contributed by atoms with Crippen LogP contribution in [0.25, 0.3) is 10.8 Å². The van der Waals surface area contributed by atoms with Crippen molar-refractivity contribution in [3.05, 3.63) is 40.8 Å². The summed E-state index contributed by atoms with van der Waals surface area (Å²) in [4.78, 5) is 36.1. The van der Waals surface area contributed by atoms with Gasteiger partial charge in [0.15, 0.2) is 0 Å². The van der Waals surface area contributed by atoms with Gasteiger partial charge in [-0.1, -0.05) is 31.7 Å². The largest absolute Gasteiger partial charge is 0.368 e. The molecule has 0 bridgehead atoms. The summed E-state index contributed by atoms with van der Waals surface area (Å²) in [5.41, 5.74) is 5.52. The van der Waals surface area contributed by atoms with Crippen molar-refractivity contribution in [2.45, 2.75) is 51.5 Å². The summed E-state index contributed by atoms with van der Waals surface area (Å²) in [7, 11) is 0. The van der Waals surface area contributed by atoms with Crippen molar-refractivity contribution < 1.29 is 9.59 Å². The van der Waals surface area contributed by atoms with E-state index in [1.54, 1.807) is 24.3 Å². The first-order chi connectivity index (χ1) is 12.5. The number of benzene rings is 1. The highest BCUT2D eigenvalue weighted by atomic mass is 16.2. The van der Waals surface area contributed by atoms with Crippen LogP contribution in [0.1, 0.15) is 44.9 Å². The van der Waals surface area contributed by atoms with Crippen LogP contribution in [0.2, 0.25) is 0 Å². The Labute approximate surface area is 152 Å². The Balaban J connectivity index is 1.79. The van der Waals surface area contributed by atoms with E-state index < -0.39 is 5.91 Å². The van der Waals surface area contributed by atoms with Crippen LogP contribution in [0, 0.1) is 5.92 Å². The molecular formula is C20H25N3O3. The van der Waals surface area contributed by atoms with Crippen LogP contribution >= 0.6 is 0 Å². The van der Waals surface area contributed by atoms with Gasteiger partial charge >= 0.3 is 0 Å². The molecule has 1 aromatic heterocycles. The molecule has 6 nitrogen and oxygen atoms in total. The zero-order chi connectivity index (χ0) is 18.5. The molecule has 1 aliphatic carbocycles. The van der Waals surface area contributed by atoms with E-state index in [9.17, 15) is 14.4 Å². The molecule has 3 N–H and O–H groups in total. The lowest BCUT2D eigenvalue weighted by Crippen LogP contribution is -2.27. The maximum Gasteiger partial charge on any atom is 0.258 e. The maximum absolute atomic E-state index is 12.5. The number of rotatable bonds is 5. The Morgan fingerprint density at radius 3 is 2.50 bits per heavy atom. The topological polar surface area (TPSA) is 94.2 Å². The lowest BCUT2D eigenvalue weighted by atomic mass is 9.96. The molecule has 138 valence electrons. The van der Waals surface area contributed by atoms with E-state index in [2.05, 4.69) is 5.32 Å². The van der Waals surface area contributed by atoms with Gasteiger partial charge in [0.1, 0.15) is 6.54 Å². The SMILES string of the molecule is NC(=O)Cn1ccc2c(NC(=O)CC3CCCCCC3)cccc2c1=O. The number of anilines is 1. The Bertz CT molecular complexity index is 864. The molecule has 26 heavy (non-hydrogen) atoms. The van der Waals surface area contributed by atoms with Gasteiger partial charge in [0, 0.05) is 29.1 Å².